The van der Waals surface area contributed by atoms with Crippen LogP contribution in [0.15, 0.2) is 5.11 Å². The zero-order valence-electron chi connectivity index (χ0n) is 10.9. The predicted molar refractivity (Wildman–Crippen MR) is 66.7 cm³/mol. The van der Waals surface area contributed by atoms with Gasteiger partial charge in [0.1, 0.15) is 5.60 Å². The molecule has 0 spiro atoms. The summed E-state index contributed by atoms with van der Waals surface area (Å²) in [7, 11) is 0. The molecule has 0 aliphatic heterocycles. The van der Waals surface area contributed by atoms with Gasteiger partial charge in [0.2, 0.25) is 0 Å². The van der Waals surface area contributed by atoms with E-state index in [9.17, 15) is 4.79 Å². The van der Waals surface area contributed by atoms with Gasteiger partial charge in [0, 0.05) is 18.0 Å². The normalized spacial score (nSPS) is 10.5. The number of ether oxygens (including phenoxy) is 1. The fraction of sp³-hybridized carbons (Fsp3) is 0.909. The molecule has 1 N–H and O–H groups in total. The number of nitrogens with zero attached hydrogens (tertiary/aromatic N) is 3. The Kier molecular flexibility index (Phi) is 7.97. The first-order valence-electron chi connectivity index (χ1n) is 5.93. The summed E-state index contributed by atoms with van der Waals surface area (Å²) in [4.78, 5) is 13.9. The fourth-order valence-electron chi connectivity index (χ4n) is 1.21. The molecule has 0 saturated carbocycles. The molecule has 0 heterocycles. The zero-order valence-corrected chi connectivity index (χ0v) is 10.9. The molecule has 0 radical (unpaired) electrons. The number of amides is 1. The summed E-state index contributed by atoms with van der Waals surface area (Å²) in [5.41, 5.74) is 7.61. The molecule has 0 aromatic carbocycles. The van der Waals surface area contributed by atoms with Crippen molar-refractivity contribution in [3.05, 3.63) is 10.4 Å². The minimum Gasteiger partial charge on any atom is -0.444 e. The van der Waals surface area contributed by atoms with Crippen LogP contribution in [0, 0.1) is 0 Å². The van der Waals surface area contributed by atoms with Crippen LogP contribution < -0.4 is 5.32 Å². The molecule has 0 aliphatic rings. The van der Waals surface area contributed by atoms with E-state index in [1.807, 2.05) is 20.8 Å². The first-order chi connectivity index (χ1) is 7.95. The second-order valence-corrected chi connectivity index (χ2v) is 4.80. The van der Waals surface area contributed by atoms with Crippen LogP contribution >= 0.6 is 0 Å². The molecule has 17 heavy (non-hydrogen) atoms. The molecule has 0 bridgehead atoms. The summed E-state index contributed by atoms with van der Waals surface area (Å²) in [6.45, 7) is 6.68. The Hall–Kier alpha value is -1.42. The highest BCUT2D eigenvalue weighted by atomic mass is 16.6. The predicted octanol–water partition coefficient (Wildman–Crippen LogP) is 3.38. The van der Waals surface area contributed by atoms with Crippen LogP contribution in [0.5, 0.6) is 0 Å². The Balaban J connectivity index is 3.34. The lowest BCUT2D eigenvalue weighted by Gasteiger charge is -2.19. The maximum Gasteiger partial charge on any atom is 0.407 e. The zero-order chi connectivity index (χ0) is 13.1. The lowest BCUT2D eigenvalue weighted by atomic mass is 10.2. The van der Waals surface area contributed by atoms with E-state index in [1.54, 1.807) is 0 Å². The van der Waals surface area contributed by atoms with E-state index in [0.29, 0.717) is 13.1 Å². The van der Waals surface area contributed by atoms with Crippen LogP contribution in [-0.2, 0) is 4.74 Å². The molecule has 6 heteroatoms. The number of alkyl carbamates (subject to hydrolysis) is 1. The van der Waals surface area contributed by atoms with Crippen molar-refractivity contribution in [3.63, 3.8) is 0 Å². The Bertz CT molecular complexity index is 267. The van der Waals surface area contributed by atoms with E-state index in [2.05, 4.69) is 15.3 Å². The van der Waals surface area contributed by atoms with Gasteiger partial charge in [-0.3, -0.25) is 0 Å². The summed E-state index contributed by atoms with van der Waals surface area (Å²) < 4.78 is 5.09. The molecular weight excluding hydrogens is 220 g/mol. The highest BCUT2D eigenvalue weighted by Gasteiger charge is 2.15. The van der Waals surface area contributed by atoms with Crippen molar-refractivity contribution in [1.29, 1.82) is 0 Å². The van der Waals surface area contributed by atoms with Gasteiger partial charge in [0.25, 0.3) is 0 Å². The average Bonchev–Trinajstić information content (AvgIpc) is 2.19. The van der Waals surface area contributed by atoms with Crippen molar-refractivity contribution in [2.24, 2.45) is 5.11 Å². The highest BCUT2D eigenvalue weighted by Crippen LogP contribution is 2.06. The number of nitrogens with one attached hydrogen (secondary N) is 1. The molecule has 0 aromatic heterocycles. The average molecular weight is 242 g/mol. The summed E-state index contributed by atoms with van der Waals surface area (Å²) >= 11 is 0. The molecule has 0 fully saturated rings. The number of unbranched alkanes of at least 4 members (excludes halogenated alkanes) is 3. The van der Waals surface area contributed by atoms with Crippen LogP contribution in [0.25, 0.3) is 10.4 Å². The van der Waals surface area contributed by atoms with Gasteiger partial charge in [-0.2, -0.15) is 0 Å². The summed E-state index contributed by atoms with van der Waals surface area (Å²) in [5.74, 6) is 0. The second-order valence-electron chi connectivity index (χ2n) is 4.80. The number of rotatable bonds is 7. The summed E-state index contributed by atoms with van der Waals surface area (Å²) in [6.07, 6.45) is 3.46. The van der Waals surface area contributed by atoms with Gasteiger partial charge in [0.15, 0.2) is 0 Å². The molecule has 1 amide bonds. The highest BCUT2D eigenvalue weighted by molar-refractivity contribution is 5.67. The van der Waals surface area contributed by atoms with Crippen LogP contribution in [0.1, 0.15) is 46.5 Å². The van der Waals surface area contributed by atoms with Crippen molar-refractivity contribution in [1.82, 2.24) is 5.32 Å². The Morgan fingerprint density at radius 2 is 1.94 bits per heavy atom. The van der Waals surface area contributed by atoms with E-state index in [1.165, 1.54) is 0 Å². The number of hydrogen-bond donors (Lipinski definition) is 1. The maximum atomic E-state index is 11.2. The van der Waals surface area contributed by atoms with Gasteiger partial charge in [-0.1, -0.05) is 18.0 Å². The molecular formula is C11H22N4O2. The van der Waals surface area contributed by atoms with Crippen LogP contribution in [-0.4, -0.2) is 24.8 Å². The van der Waals surface area contributed by atoms with Gasteiger partial charge in [-0.05, 0) is 39.1 Å². The molecule has 98 valence electrons. The lowest BCUT2D eigenvalue weighted by molar-refractivity contribution is 0.0527. The van der Waals surface area contributed by atoms with E-state index in [0.717, 1.165) is 25.7 Å². The quantitative estimate of drug-likeness (QED) is 0.321. The third-order valence-electron chi connectivity index (χ3n) is 1.92. The smallest absolute Gasteiger partial charge is 0.407 e. The minimum atomic E-state index is -0.445. The van der Waals surface area contributed by atoms with Crippen molar-refractivity contribution < 1.29 is 9.53 Å². The fourth-order valence-corrected chi connectivity index (χ4v) is 1.21. The SMILES string of the molecule is CC(C)(C)OC(=O)NCCCCCCN=[N+]=[N-]. The van der Waals surface area contributed by atoms with E-state index in [4.69, 9.17) is 10.3 Å². The van der Waals surface area contributed by atoms with Gasteiger partial charge >= 0.3 is 6.09 Å². The van der Waals surface area contributed by atoms with Crippen LogP contribution in [0.4, 0.5) is 4.79 Å². The third-order valence-corrected chi connectivity index (χ3v) is 1.92. The summed E-state index contributed by atoms with van der Waals surface area (Å²) in [5, 5.41) is 6.15. The van der Waals surface area contributed by atoms with E-state index < -0.39 is 5.60 Å². The standard InChI is InChI=1S/C11H22N4O2/c1-11(2,3)17-10(16)13-8-6-4-5-7-9-14-15-12/h4-9H2,1-3H3,(H,13,16). The van der Waals surface area contributed by atoms with Crippen molar-refractivity contribution in [2.45, 2.75) is 52.1 Å². The minimum absolute atomic E-state index is 0.369. The number of carbonyl (C=O) groups is 1. The number of azide groups is 1. The monoisotopic (exact) mass is 242 g/mol. The largest absolute Gasteiger partial charge is 0.444 e. The topological polar surface area (TPSA) is 87.1 Å². The first kappa shape index (κ1) is 15.6. The van der Waals surface area contributed by atoms with Crippen molar-refractivity contribution >= 4 is 6.09 Å². The molecule has 0 aliphatic carbocycles. The van der Waals surface area contributed by atoms with Crippen molar-refractivity contribution in [3.8, 4) is 0 Å². The van der Waals surface area contributed by atoms with Gasteiger partial charge < -0.3 is 10.1 Å². The molecule has 0 aromatic rings. The lowest BCUT2D eigenvalue weighted by Crippen LogP contribution is -2.32. The van der Waals surface area contributed by atoms with Gasteiger partial charge in [-0.25, -0.2) is 4.79 Å². The number of hydrogen-bond acceptors (Lipinski definition) is 3. The molecule has 0 atom stereocenters. The second kappa shape index (κ2) is 8.70. The molecule has 0 saturated heterocycles. The molecule has 0 unspecified atom stereocenters. The Morgan fingerprint density at radius 3 is 2.53 bits per heavy atom. The van der Waals surface area contributed by atoms with Crippen molar-refractivity contribution in [2.75, 3.05) is 13.1 Å². The van der Waals surface area contributed by atoms with Gasteiger partial charge in [-0.15, -0.1) is 0 Å². The Labute approximate surface area is 102 Å². The van der Waals surface area contributed by atoms with E-state index in [-0.39, 0.29) is 6.09 Å². The maximum absolute atomic E-state index is 11.2. The third kappa shape index (κ3) is 12.5. The molecule has 0 rings (SSSR count). The van der Waals surface area contributed by atoms with Crippen LogP contribution in [0.3, 0.4) is 0 Å². The Morgan fingerprint density at radius 1 is 1.29 bits per heavy atom. The first-order valence-corrected chi connectivity index (χ1v) is 5.93. The summed E-state index contributed by atoms with van der Waals surface area (Å²) in [6, 6.07) is 0. The number of carbonyl (C=O) groups excluding carboxylic acids is 1. The van der Waals surface area contributed by atoms with E-state index >= 15 is 0 Å². The molecule has 6 nitrogen and oxygen atoms in total. The van der Waals surface area contributed by atoms with Gasteiger partial charge in [0.05, 0.1) is 0 Å². The van der Waals surface area contributed by atoms with Crippen LogP contribution in [0.2, 0.25) is 0 Å².